The standard InChI is InChI=1S/C6HCl3N2O.C6H2Cl2N2O.C6H4N2O.Cl2/c7-3-4(8)6(9)11-2(1-10)5(3)12;7-3-1-5(8)10-4(2-9)6(3)11;7-4-5-6(9)2-1-3-8-5;1-2/h12H;1,11H;1-3,9H;. The number of hydrogen-bond acceptors (Lipinski definition) is 9. The van der Waals surface area contributed by atoms with Gasteiger partial charge in [-0.3, -0.25) is 0 Å². The SMILES string of the molecule is ClCl.N#Cc1nc(Cl)c(Cl)c(Cl)c1O.N#Cc1nc(Cl)cc(Cl)c1O.N#Cc1ncccc1O. The molecule has 0 bridgehead atoms. The normalized spacial score (nSPS) is 8.71. The maximum Gasteiger partial charge on any atom is 0.185 e. The molecule has 0 aromatic carbocycles. The molecule has 3 N–H and O–H groups in total. The van der Waals surface area contributed by atoms with Crippen LogP contribution in [0.1, 0.15) is 17.1 Å². The molecule has 0 saturated carbocycles. The average Bonchev–Trinajstić information content (AvgIpc) is 2.84. The molecule has 3 heterocycles. The first-order valence-corrected chi connectivity index (χ1v) is 10.9. The van der Waals surface area contributed by atoms with Crippen molar-refractivity contribution in [1.29, 1.82) is 15.8 Å². The average molecular weight is 603 g/mol. The van der Waals surface area contributed by atoms with E-state index in [9.17, 15) is 0 Å². The Morgan fingerprint density at radius 2 is 1.26 bits per heavy atom. The van der Waals surface area contributed by atoms with E-state index < -0.39 is 5.75 Å². The van der Waals surface area contributed by atoms with Crippen molar-refractivity contribution in [2.45, 2.75) is 0 Å². The van der Waals surface area contributed by atoms with Crippen molar-refractivity contribution in [3.63, 3.8) is 0 Å². The lowest BCUT2D eigenvalue weighted by molar-refractivity contribution is 0.470. The van der Waals surface area contributed by atoms with E-state index in [1.54, 1.807) is 24.3 Å². The summed E-state index contributed by atoms with van der Waals surface area (Å²) < 4.78 is 0. The molecule has 9 nitrogen and oxygen atoms in total. The molecule has 0 unspecified atom stereocenters. The van der Waals surface area contributed by atoms with Crippen LogP contribution in [0.3, 0.4) is 0 Å². The molecule has 0 fully saturated rings. The number of hydrogen-bond donors (Lipinski definition) is 3. The third kappa shape index (κ3) is 9.30. The molecule has 0 amide bonds. The highest BCUT2D eigenvalue weighted by atomic mass is 36.5. The Morgan fingerprint density at radius 3 is 1.74 bits per heavy atom. The molecular weight excluding hydrogens is 596 g/mol. The van der Waals surface area contributed by atoms with Gasteiger partial charge < -0.3 is 15.3 Å². The van der Waals surface area contributed by atoms with Crippen molar-refractivity contribution in [3.05, 3.63) is 66.9 Å². The van der Waals surface area contributed by atoms with E-state index in [1.165, 1.54) is 18.3 Å². The molecule has 16 heteroatoms. The Labute approximate surface area is 227 Å². The number of aromatic nitrogens is 3. The second-order valence-corrected chi connectivity index (χ2v) is 6.97. The van der Waals surface area contributed by atoms with Gasteiger partial charge in [-0.15, -0.1) is 0 Å². The van der Waals surface area contributed by atoms with Crippen molar-refractivity contribution in [2.75, 3.05) is 0 Å². The lowest BCUT2D eigenvalue weighted by Crippen LogP contribution is -1.87. The van der Waals surface area contributed by atoms with Crippen molar-refractivity contribution in [3.8, 4) is 35.5 Å². The van der Waals surface area contributed by atoms with Crippen LogP contribution < -0.4 is 0 Å². The Morgan fingerprint density at radius 1 is 0.735 bits per heavy atom. The Hall–Kier alpha value is -2.65. The fourth-order valence-corrected chi connectivity index (χ4v) is 2.60. The highest BCUT2D eigenvalue weighted by molar-refractivity contribution is 6.85. The first-order valence-electron chi connectivity index (χ1n) is 7.84. The predicted octanol–water partition coefficient (Wildman–Crippen LogP) is 6.62. The predicted molar refractivity (Wildman–Crippen MR) is 129 cm³/mol. The van der Waals surface area contributed by atoms with Gasteiger partial charge in [0.05, 0.1) is 5.02 Å². The van der Waals surface area contributed by atoms with Crippen LogP contribution in [0.4, 0.5) is 0 Å². The molecule has 3 aromatic heterocycles. The first-order chi connectivity index (χ1) is 16.1. The van der Waals surface area contributed by atoms with Crippen LogP contribution in [-0.2, 0) is 0 Å². The molecule has 0 saturated heterocycles. The Kier molecular flexibility index (Phi) is 14.8. The smallest absolute Gasteiger partial charge is 0.185 e. The summed E-state index contributed by atoms with van der Waals surface area (Å²) in [6.07, 6.45) is 1.46. The molecule has 0 atom stereocenters. The third-order valence-electron chi connectivity index (χ3n) is 3.04. The summed E-state index contributed by atoms with van der Waals surface area (Å²) in [7, 11) is 8.22. The summed E-state index contributed by atoms with van der Waals surface area (Å²) in [5, 5.41) is 51.9. The summed E-state index contributed by atoms with van der Waals surface area (Å²) in [5.41, 5.74) is -0.339. The van der Waals surface area contributed by atoms with Crippen molar-refractivity contribution >= 4 is 79.7 Å². The highest BCUT2D eigenvalue weighted by Crippen LogP contribution is 2.36. The van der Waals surface area contributed by atoms with Crippen LogP contribution in [0.2, 0.25) is 25.4 Å². The number of rotatable bonds is 0. The molecule has 0 spiro atoms. The van der Waals surface area contributed by atoms with E-state index in [1.807, 2.05) is 0 Å². The number of halogens is 7. The van der Waals surface area contributed by atoms with Gasteiger partial charge in [-0.05, 0) is 18.2 Å². The number of nitrogens with zero attached hydrogens (tertiary/aromatic N) is 6. The van der Waals surface area contributed by atoms with Crippen LogP contribution >= 0.6 is 79.7 Å². The van der Waals surface area contributed by atoms with Gasteiger partial charge in [0.15, 0.2) is 39.5 Å². The fraction of sp³-hybridized carbons (Fsp3) is 0. The zero-order valence-corrected chi connectivity index (χ0v) is 21.3. The van der Waals surface area contributed by atoms with Crippen LogP contribution in [0.15, 0.2) is 24.4 Å². The minimum atomic E-state index is -0.450. The second-order valence-electron chi connectivity index (χ2n) is 5.06. The van der Waals surface area contributed by atoms with E-state index in [2.05, 4.69) is 36.7 Å². The topological polar surface area (TPSA) is 171 Å². The summed E-state index contributed by atoms with van der Waals surface area (Å²) in [4.78, 5) is 10.6. The van der Waals surface area contributed by atoms with Gasteiger partial charge in [-0.25, -0.2) is 15.0 Å². The van der Waals surface area contributed by atoms with Gasteiger partial charge in [-0.2, -0.15) is 15.8 Å². The lowest BCUT2D eigenvalue weighted by atomic mass is 10.3. The van der Waals surface area contributed by atoms with Gasteiger partial charge in [0.2, 0.25) is 0 Å². The highest BCUT2D eigenvalue weighted by Gasteiger charge is 2.14. The molecule has 0 radical (unpaired) electrons. The summed E-state index contributed by atoms with van der Waals surface area (Å²) in [5.74, 6) is -0.855. The quantitative estimate of drug-likeness (QED) is 0.239. The second kappa shape index (κ2) is 16.1. The van der Waals surface area contributed by atoms with Crippen molar-refractivity contribution in [1.82, 2.24) is 15.0 Å². The number of nitriles is 3. The third-order valence-corrected chi connectivity index (χ3v) is 4.72. The summed E-state index contributed by atoms with van der Waals surface area (Å²) in [6.45, 7) is 0. The van der Waals surface area contributed by atoms with Gasteiger partial charge in [0, 0.05) is 27.9 Å². The number of pyridine rings is 3. The monoisotopic (exact) mass is 600 g/mol. The molecular formula is C18H7Cl7N6O3. The van der Waals surface area contributed by atoms with Crippen LogP contribution in [-0.4, -0.2) is 30.3 Å². The lowest BCUT2D eigenvalue weighted by Gasteiger charge is -2.01. The Balaban J connectivity index is 0.000000467. The Bertz CT molecular complexity index is 1270. The minimum absolute atomic E-state index is 0.0292. The summed E-state index contributed by atoms with van der Waals surface area (Å²) in [6, 6.07) is 9.25. The molecule has 176 valence electrons. The van der Waals surface area contributed by atoms with Gasteiger partial charge >= 0.3 is 0 Å². The van der Waals surface area contributed by atoms with E-state index in [0.717, 1.165) is 0 Å². The zero-order valence-electron chi connectivity index (χ0n) is 16.0. The van der Waals surface area contributed by atoms with Crippen LogP contribution in [0.5, 0.6) is 17.2 Å². The van der Waals surface area contributed by atoms with Crippen molar-refractivity contribution < 1.29 is 15.3 Å². The van der Waals surface area contributed by atoms with E-state index >= 15 is 0 Å². The first kappa shape index (κ1) is 31.4. The number of aromatic hydroxyl groups is 3. The molecule has 0 aliphatic rings. The largest absolute Gasteiger partial charge is 0.505 e. The van der Waals surface area contributed by atoms with Crippen LogP contribution in [0.25, 0.3) is 0 Å². The van der Waals surface area contributed by atoms with Crippen LogP contribution in [0, 0.1) is 34.0 Å². The zero-order chi connectivity index (χ0) is 26.4. The molecule has 3 aromatic rings. The maximum atomic E-state index is 9.14. The minimum Gasteiger partial charge on any atom is -0.505 e. The van der Waals surface area contributed by atoms with Crippen molar-refractivity contribution in [2.24, 2.45) is 0 Å². The van der Waals surface area contributed by atoms with Gasteiger partial charge in [0.1, 0.15) is 33.4 Å². The fourth-order valence-electron chi connectivity index (χ4n) is 1.62. The van der Waals surface area contributed by atoms with E-state index in [-0.39, 0.29) is 54.0 Å². The molecule has 0 aliphatic heterocycles. The molecule has 3 rings (SSSR count). The maximum absolute atomic E-state index is 9.14. The van der Waals surface area contributed by atoms with Gasteiger partial charge in [0.25, 0.3) is 0 Å². The van der Waals surface area contributed by atoms with Gasteiger partial charge in [-0.1, -0.05) is 58.0 Å². The molecule has 34 heavy (non-hydrogen) atoms. The molecule has 0 aliphatic carbocycles. The van der Waals surface area contributed by atoms with E-state index in [0.29, 0.717) is 0 Å². The summed E-state index contributed by atoms with van der Waals surface area (Å²) >= 11 is 27.4. The van der Waals surface area contributed by atoms with E-state index in [4.69, 9.17) is 89.1 Å².